The van der Waals surface area contributed by atoms with E-state index in [2.05, 4.69) is 9.97 Å². The second kappa shape index (κ2) is 4.73. The Morgan fingerprint density at radius 1 is 1.05 bits per heavy atom. The third kappa shape index (κ3) is 2.71. The highest BCUT2D eigenvalue weighted by atomic mass is 19.4. The molecule has 0 aliphatic rings. The Balaban J connectivity index is 2.68. The van der Waals surface area contributed by atoms with Gasteiger partial charge in [0.2, 0.25) is 5.82 Å². The maximum absolute atomic E-state index is 14.0. The highest BCUT2D eigenvalue weighted by molar-refractivity contribution is 5.67. The van der Waals surface area contributed by atoms with Crippen molar-refractivity contribution in [3.63, 3.8) is 0 Å². The van der Waals surface area contributed by atoms with Crippen molar-refractivity contribution in [2.24, 2.45) is 0 Å². The number of anilines is 1. The molecule has 0 atom stereocenters. The molecular formula is C13H11F4N3. The lowest BCUT2D eigenvalue weighted by molar-refractivity contribution is -0.144. The molecule has 1 aromatic heterocycles. The van der Waals surface area contributed by atoms with Crippen LogP contribution in [0.25, 0.3) is 11.3 Å². The van der Waals surface area contributed by atoms with Crippen molar-refractivity contribution in [3.8, 4) is 11.3 Å². The molecule has 106 valence electrons. The van der Waals surface area contributed by atoms with Crippen molar-refractivity contribution < 1.29 is 17.6 Å². The molecule has 2 N–H and O–H groups in total. The summed E-state index contributed by atoms with van der Waals surface area (Å²) in [4.78, 5) is 6.50. The van der Waals surface area contributed by atoms with Gasteiger partial charge in [0.05, 0.1) is 5.69 Å². The summed E-state index contributed by atoms with van der Waals surface area (Å²) in [6.07, 6.45) is -4.74. The third-order valence-corrected chi connectivity index (χ3v) is 2.69. The molecule has 1 aromatic carbocycles. The lowest BCUT2D eigenvalue weighted by Gasteiger charge is -2.11. The molecule has 0 saturated heterocycles. The summed E-state index contributed by atoms with van der Waals surface area (Å²) in [5.41, 5.74) is 6.31. The highest BCUT2D eigenvalue weighted by Crippen LogP contribution is 2.31. The standard InChI is InChI=1S/C13H11F4N3/c1-6-3-7(2)11(8(14)4-6)9-5-10(18)20-12(19-9)13(15,16)17/h3-5H,1-2H3,(H2,18,19,20). The summed E-state index contributed by atoms with van der Waals surface area (Å²) in [5.74, 6) is -2.39. The fraction of sp³-hybridized carbons (Fsp3) is 0.231. The minimum Gasteiger partial charge on any atom is -0.384 e. The van der Waals surface area contributed by atoms with Crippen LogP contribution >= 0.6 is 0 Å². The van der Waals surface area contributed by atoms with Gasteiger partial charge in [0.25, 0.3) is 0 Å². The molecule has 1 heterocycles. The van der Waals surface area contributed by atoms with Crippen LogP contribution in [0.2, 0.25) is 0 Å². The Hall–Kier alpha value is -2.18. The molecule has 7 heteroatoms. The summed E-state index contributed by atoms with van der Waals surface area (Å²) in [5, 5.41) is 0. The number of nitrogens with zero attached hydrogens (tertiary/aromatic N) is 2. The quantitative estimate of drug-likeness (QED) is 0.816. The van der Waals surface area contributed by atoms with E-state index in [0.29, 0.717) is 11.1 Å². The van der Waals surface area contributed by atoms with Crippen LogP contribution in [-0.4, -0.2) is 9.97 Å². The highest BCUT2D eigenvalue weighted by Gasteiger charge is 2.35. The number of hydrogen-bond acceptors (Lipinski definition) is 3. The van der Waals surface area contributed by atoms with E-state index in [9.17, 15) is 17.6 Å². The number of hydrogen-bond donors (Lipinski definition) is 1. The maximum atomic E-state index is 14.0. The first-order chi connectivity index (χ1) is 9.18. The van der Waals surface area contributed by atoms with E-state index in [4.69, 9.17) is 5.73 Å². The molecular weight excluding hydrogens is 274 g/mol. The molecule has 0 spiro atoms. The summed E-state index contributed by atoms with van der Waals surface area (Å²) >= 11 is 0. The van der Waals surface area contributed by atoms with Crippen molar-refractivity contribution in [2.75, 3.05) is 5.73 Å². The van der Waals surface area contributed by atoms with Gasteiger partial charge >= 0.3 is 6.18 Å². The van der Waals surface area contributed by atoms with Gasteiger partial charge < -0.3 is 5.73 Å². The van der Waals surface area contributed by atoms with Crippen LogP contribution in [0.4, 0.5) is 23.4 Å². The lowest BCUT2D eigenvalue weighted by Crippen LogP contribution is -2.13. The number of nitrogens with two attached hydrogens (primary N) is 1. The predicted molar refractivity (Wildman–Crippen MR) is 66.3 cm³/mol. The number of aryl methyl sites for hydroxylation is 2. The van der Waals surface area contributed by atoms with Crippen molar-refractivity contribution >= 4 is 5.82 Å². The zero-order chi connectivity index (χ0) is 15.1. The van der Waals surface area contributed by atoms with Crippen LogP contribution in [0.3, 0.4) is 0 Å². The lowest BCUT2D eigenvalue weighted by atomic mass is 10.0. The molecule has 20 heavy (non-hydrogen) atoms. The zero-order valence-electron chi connectivity index (χ0n) is 10.7. The van der Waals surface area contributed by atoms with Crippen molar-refractivity contribution in [3.05, 3.63) is 41.0 Å². The van der Waals surface area contributed by atoms with E-state index in [1.54, 1.807) is 19.9 Å². The molecule has 0 amide bonds. The number of rotatable bonds is 1. The summed E-state index contributed by atoms with van der Waals surface area (Å²) < 4.78 is 51.9. The fourth-order valence-corrected chi connectivity index (χ4v) is 1.96. The summed E-state index contributed by atoms with van der Waals surface area (Å²) in [7, 11) is 0. The first kappa shape index (κ1) is 14.2. The third-order valence-electron chi connectivity index (χ3n) is 2.69. The summed E-state index contributed by atoms with van der Waals surface area (Å²) in [6.45, 7) is 3.28. The van der Waals surface area contributed by atoms with Crippen LogP contribution in [-0.2, 0) is 6.18 Å². The second-order valence-electron chi connectivity index (χ2n) is 4.44. The largest absolute Gasteiger partial charge is 0.451 e. The molecule has 0 fully saturated rings. The van der Waals surface area contributed by atoms with Crippen LogP contribution in [0.1, 0.15) is 17.0 Å². The van der Waals surface area contributed by atoms with Crippen molar-refractivity contribution in [1.29, 1.82) is 0 Å². The van der Waals surface area contributed by atoms with E-state index in [-0.39, 0.29) is 17.1 Å². The van der Waals surface area contributed by atoms with E-state index >= 15 is 0 Å². The molecule has 2 rings (SSSR count). The van der Waals surface area contributed by atoms with Crippen LogP contribution in [0.15, 0.2) is 18.2 Å². The van der Waals surface area contributed by atoms with Gasteiger partial charge in [-0.15, -0.1) is 0 Å². The Morgan fingerprint density at radius 2 is 1.70 bits per heavy atom. The number of alkyl halides is 3. The molecule has 3 nitrogen and oxygen atoms in total. The van der Waals surface area contributed by atoms with Gasteiger partial charge in [-0.1, -0.05) is 6.07 Å². The van der Waals surface area contributed by atoms with E-state index < -0.39 is 17.8 Å². The van der Waals surface area contributed by atoms with Crippen LogP contribution < -0.4 is 5.73 Å². The minimum absolute atomic E-state index is 0.00444. The van der Waals surface area contributed by atoms with E-state index in [1.807, 2.05) is 0 Å². The Kier molecular flexibility index (Phi) is 3.37. The molecule has 0 unspecified atom stereocenters. The maximum Gasteiger partial charge on any atom is 0.451 e. The molecule has 0 bridgehead atoms. The topological polar surface area (TPSA) is 51.8 Å². The molecule has 0 aliphatic heterocycles. The van der Waals surface area contributed by atoms with Gasteiger partial charge in [0.1, 0.15) is 11.6 Å². The van der Waals surface area contributed by atoms with Crippen LogP contribution in [0.5, 0.6) is 0 Å². The average molecular weight is 285 g/mol. The second-order valence-corrected chi connectivity index (χ2v) is 4.44. The zero-order valence-corrected chi connectivity index (χ0v) is 10.7. The number of nitrogen functional groups attached to an aromatic ring is 1. The van der Waals surface area contributed by atoms with Crippen molar-refractivity contribution in [2.45, 2.75) is 20.0 Å². The normalized spacial score (nSPS) is 11.7. The monoisotopic (exact) mass is 285 g/mol. The van der Waals surface area contributed by atoms with Crippen molar-refractivity contribution in [1.82, 2.24) is 9.97 Å². The summed E-state index contributed by atoms with van der Waals surface area (Å²) in [6, 6.07) is 4.01. The fourth-order valence-electron chi connectivity index (χ4n) is 1.96. The van der Waals surface area contributed by atoms with Gasteiger partial charge in [-0.05, 0) is 31.0 Å². The molecule has 0 saturated carbocycles. The minimum atomic E-state index is -4.74. The number of aromatic nitrogens is 2. The Bertz CT molecular complexity index is 642. The van der Waals surface area contributed by atoms with Gasteiger partial charge in [-0.25, -0.2) is 14.4 Å². The van der Waals surface area contributed by atoms with Gasteiger partial charge in [0, 0.05) is 11.6 Å². The van der Waals surface area contributed by atoms with E-state index in [0.717, 1.165) is 6.07 Å². The van der Waals surface area contributed by atoms with Gasteiger partial charge in [0.15, 0.2) is 0 Å². The molecule has 0 radical (unpaired) electrons. The van der Waals surface area contributed by atoms with Gasteiger partial charge in [-0.3, -0.25) is 0 Å². The SMILES string of the molecule is Cc1cc(C)c(-c2cc(N)nc(C(F)(F)F)n2)c(F)c1. The van der Waals surface area contributed by atoms with Crippen LogP contribution in [0, 0.1) is 19.7 Å². The first-order valence-electron chi connectivity index (χ1n) is 5.67. The number of benzene rings is 1. The number of halogens is 4. The average Bonchev–Trinajstić information content (AvgIpc) is 2.25. The molecule has 0 aliphatic carbocycles. The van der Waals surface area contributed by atoms with Gasteiger partial charge in [-0.2, -0.15) is 13.2 Å². The smallest absolute Gasteiger partial charge is 0.384 e. The Labute approximate surface area is 112 Å². The first-order valence-corrected chi connectivity index (χ1v) is 5.67. The Morgan fingerprint density at radius 3 is 2.25 bits per heavy atom. The predicted octanol–water partition coefficient (Wildman–Crippen LogP) is 3.50. The molecule has 2 aromatic rings. The van der Waals surface area contributed by atoms with E-state index in [1.165, 1.54) is 6.07 Å².